The molecule has 0 unspecified atom stereocenters. The van der Waals surface area contributed by atoms with Crippen LogP contribution in [0.4, 0.5) is 0 Å². The van der Waals surface area contributed by atoms with Gasteiger partial charge in [-0.2, -0.15) is 5.10 Å². The third-order valence-corrected chi connectivity index (χ3v) is 4.62. The van der Waals surface area contributed by atoms with Gasteiger partial charge in [0.15, 0.2) is 17.3 Å². The number of carbonyl (C=O) groups excluding carboxylic acids is 1. The zero-order valence-electron chi connectivity index (χ0n) is 13.3. The number of ketones is 1. The Labute approximate surface area is 159 Å². The van der Waals surface area contributed by atoms with E-state index < -0.39 is 0 Å². The average Bonchev–Trinajstić information content (AvgIpc) is 3.30. The number of halogens is 2. The summed E-state index contributed by atoms with van der Waals surface area (Å²) in [5.41, 5.74) is 2.79. The summed E-state index contributed by atoms with van der Waals surface area (Å²) >= 11 is 11.8. The van der Waals surface area contributed by atoms with Crippen molar-refractivity contribution in [1.82, 2.24) is 10.2 Å². The van der Waals surface area contributed by atoms with E-state index in [1.807, 2.05) is 24.3 Å². The number of hydrogen-bond acceptors (Lipinski definition) is 4. The molecular weight excluding hydrogens is 375 g/mol. The van der Waals surface area contributed by atoms with Crippen LogP contribution in [0.3, 0.4) is 0 Å². The van der Waals surface area contributed by atoms with Crippen LogP contribution in [0.2, 0.25) is 10.0 Å². The molecule has 0 spiro atoms. The maximum atomic E-state index is 12.2. The van der Waals surface area contributed by atoms with Crippen LogP contribution in [0.25, 0.3) is 17.3 Å². The second-order valence-electron chi connectivity index (χ2n) is 5.60. The third-order valence-electron chi connectivity index (χ3n) is 3.88. The Morgan fingerprint density at radius 2 is 1.88 bits per heavy atom. The third kappa shape index (κ3) is 3.31. The van der Waals surface area contributed by atoms with Gasteiger partial charge in [-0.05, 0) is 54.6 Å². The summed E-state index contributed by atoms with van der Waals surface area (Å²) in [6, 6.07) is 12.2. The lowest BCUT2D eigenvalue weighted by Gasteiger charge is -1.99. The smallest absolute Gasteiger partial charge is 0.231 e. The average molecular weight is 387 g/mol. The predicted molar refractivity (Wildman–Crippen MR) is 100.0 cm³/mol. The molecule has 4 rings (SSSR count). The van der Waals surface area contributed by atoms with Crippen LogP contribution in [-0.4, -0.2) is 22.8 Å². The minimum Gasteiger partial charge on any atom is -0.454 e. The molecule has 130 valence electrons. The van der Waals surface area contributed by atoms with Gasteiger partial charge in [-0.15, -0.1) is 0 Å². The van der Waals surface area contributed by atoms with Crippen molar-refractivity contribution in [2.24, 2.45) is 0 Å². The van der Waals surface area contributed by atoms with Crippen LogP contribution in [-0.2, 0) is 0 Å². The van der Waals surface area contributed by atoms with E-state index >= 15 is 0 Å². The first-order valence-corrected chi connectivity index (χ1v) is 8.48. The van der Waals surface area contributed by atoms with Crippen molar-refractivity contribution in [3.63, 3.8) is 0 Å². The van der Waals surface area contributed by atoms with Crippen LogP contribution in [0, 0.1) is 0 Å². The van der Waals surface area contributed by atoms with Gasteiger partial charge < -0.3 is 9.47 Å². The highest BCUT2D eigenvalue weighted by Crippen LogP contribution is 2.35. The lowest BCUT2D eigenvalue weighted by molar-refractivity contribution is 0.104. The van der Waals surface area contributed by atoms with Crippen molar-refractivity contribution < 1.29 is 14.3 Å². The zero-order chi connectivity index (χ0) is 18.1. The number of fused-ring (bicyclic) bond motifs is 1. The van der Waals surface area contributed by atoms with E-state index in [0.29, 0.717) is 27.1 Å². The minimum atomic E-state index is -0.178. The molecule has 0 aliphatic carbocycles. The number of rotatable bonds is 4. The number of nitrogens with one attached hydrogen (secondary N) is 1. The maximum absolute atomic E-state index is 12.2. The van der Waals surface area contributed by atoms with E-state index in [-0.39, 0.29) is 12.6 Å². The Balaban J connectivity index is 1.52. The number of ether oxygens (including phenoxy) is 2. The summed E-state index contributed by atoms with van der Waals surface area (Å²) in [7, 11) is 0. The molecule has 1 N–H and O–H groups in total. The summed E-state index contributed by atoms with van der Waals surface area (Å²) in [5.74, 6) is 1.23. The standard InChI is InChI=1S/C19H12Cl2N2O3/c20-14-4-1-12(7-15(14)21)17(24)5-3-13-9-16(23-22-13)11-2-6-18-19(8-11)26-10-25-18/h1-9H,10H2,(H,22,23). The van der Waals surface area contributed by atoms with Crippen LogP contribution in [0.15, 0.2) is 48.5 Å². The van der Waals surface area contributed by atoms with Gasteiger partial charge in [-0.25, -0.2) is 0 Å². The van der Waals surface area contributed by atoms with Gasteiger partial charge in [0.1, 0.15) is 0 Å². The monoisotopic (exact) mass is 386 g/mol. The van der Waals surface area contributed by atoms with Crippen LogP contribution in [0.5, 0.6) is 11.5 Å². The second kappa shape index (κ2) is 6.86. The van der Waals surface area contributed by atoms with Crippen molar-refractivity contribution in [2.75, 3.05) is 6.79 Å². The summed E-state index contributed by atoms with van der Waals surface area (Å²) in [4.78, 5) is 12.2. The Hall–Kier alpha value is -2.76. The molecule has 0 saturated heterocycles. The molecule has 1 aliphatic rings. The molecule has 26 heavy (non-hydrogen) atoms. The van der Waals surface area contributed by atoms with Crippen LogP contribution in [0.1, 0.15) is 16.1 Å². The fourth-order valence-corrected chi connectivity index (χ4v) is 2.83. The molecule has 0 fully saturated rings. The molecule has 2 heterocycles. The molecule has 2 aromatic carbocycles. The Kier molecular flexibility index (Phi) is 4.41. The van der Waals surface area contributed by atoms with Gasteiger partial charge in [-0.3, -0.25) is 9.89 Å². The topological polar surface area (TPSA) is 64.2 Å². The number of hydrogen-bond donors (Lipinski definition) is 1. The number of H-pyrrole nitrogens is 1. The Morgan fingerprint density at radius 3 is 2.73 bits per heavy atom. The zero-order valence-corrected chi connectivity index (χ0v) is 14.8. The highest BCUT2D eigenvalue weighted by Gasteiger charge is 2.14. The summed E-state index contributed by atoms with van der Waals surface area (Å²) in [6.45, 7) is 0.226. The molecule has 0 saturated carbocycles. The highest BCUT2D eigenvalue weighted by molar-refractivity contribution is 6.42. The van der Waals surface area contributed by atoms with Gasteiger partial charge in [-0.1, -0.05) is 23.2 Å². The molecule has 0 amide bonds. The molecule has 7 heteroatoms. The maximum Gasteiger partial charge on any atom is 0.231 e. The van der Waals surface area contributed by atoms with E-state index in [4.69, 9.17) is 32.7 Å². The van der Waals surface area contributed by atoms with Crippen molar-refractivity contribution in [2.45, 2.75) is 0 Å². The van der Waals surface area contributed by atoms with E-state index in [1.165, 1.54) is 6.08 Å². The van der Waals surface area contributed by atoms with E-state index in [0.717, 1.165) is 17.0 Å². The molecule has 5 nitrogen and oxygen atoms in total. The van der Waals surface area contributed by atoms with Crippen molar-refractivity contribution in [1.29, 1.82) is 0 Å². The highest BCUT2D eigenvalue weighted by atomic mass is 35.5. The number of benzene rings is 2. The number of nitrogens with zero attached hydrogens (tertiary/aromatic N) is 1. The number of aromatic amines is 1. The van der Waals surface area contributed by atoms with Gasteiger partial charge in [0.25, 0.3) is 0 Å². The predicted octanol–water partition coefficient (Wildman–Crippen LogP) is 5.01. The molecule has 1 aliphatic heterocycles. The molecule has 0 bridgehead atoms. The van der Waals surface area contributed by atoms with Gasteiger partial charge in [0, 0.05) is 11.1 Å². The second-order valence-corrected chi connectivity index (χ2v) is 6.42. The summed E-state index contributed by atoms with van der Waals surface area (Å²) in [5, 5.41) is 7.91. The normalized spacial score (nSPS) is 12.7. The van der Waals surface area contributed by atoms with Crippen molar-refractivity contribution in [3.8, 4) is 22.8 Å². The molecule has 1 aromatic heterocycles. The Morgan fingerprint density at radius 1 is 1.04 bits per heavy atom. The summed E-state index contributed by atoms with van der Waals surface area (Å²) < 4.78 is 10.7. The Bertz CT molecular complexity index is 1030. The molecule has 0 radical (unpaired) electrons. The van der Waals surface area contributed by atoms with Crippen LogP contribution < -0.4 is 9.47 Å². The minimum absolute atomic E-state index is 0.178. The lowest BCUT2D eigenvalue weighted by Crippen LogP contribution is -1.93. The van der Waals surface area contributed by atoms with Gasteiger partial charge in [0.2, 0.25) is 6.79 Å². The van der Waals surface area contributed by atoms with E-state index in [9.17, 15) is 4.79 Å². The fraction of sp³-hybridized carbons (Fsp3) is 0.0526. The number of carbonyl (C=O) groups is 1. The van der Waals surface area contributed by atoms with Crippen molar-refractivity contribution >= 4 is 35.1 Å². The first-order valence-electron chi connectivity index (χ1n) is 7.73. The van der Waals surface area contributed by atoms with E-state index in [2.05, 4.69) is 10.2 Å². The van der Waals surface area contributed by atoms with Crippen molar-refractivity contribution in [3.05, 3.63) is 69.8 Å². The first kappa shape index (κ1) is 16.7. The largest absolute Gasteiger partial charge is 0.454 e. The quantitative estimate of drug-likeness (QED) is 0.505. The first-order chi connectivity index (χ1) is 12.6. The van der Waals surface area contributed by atoms with Gasteiger partial charge >= 0.3 is 0 Å². The summed E-state index contributed by atoms with van der Waals surface area (Å²) in [6.07, 6.45) is 3.12. The SMILES string of the molecule is O=C(C=Cc1cc(-c2ccc3c(c2)OCO3)n[nH]1)c1ccc(Cl)c(Cl)c1. The molecule has 0 atom stereocenters. The van der Waals surface area contributed by atoms with E-state index in [1.54, 1.807) is 24.3 Å². The fourth-order valence-electron chi connectivity index (χ4n) is 2.54. The molecule has 3 aromatic rings. The molecular formula is C19H12Cl2N2O3. The number of aromatic nitrogens is 2. The number of allylic oxidation sites excluding steroid dienone is 1. The van der Waals surface area contributed by atoms with Crippen LogP contribution >= 0.6 is 23.2 Å². The lowest BCUT2D eigenvalue weighted by atomic mass is 10.1. The van der Waals surface area contributed by atoms with Gasteiger partial charge in [0.05, 0.1) is 21.4 Å².